The van der Waals surface area contributed by atoms with Crippen LogP contribution < -0.4 is 10.5 Å². The van der Waals surface area contributed by atoms with Gasteiger partial charge in [-0.2, -0.15) is 0 Å². The molecule has 0 aliphatic carbocycles. The first-order valence-corrected chi connectivity index (χ1v) is 5.10. The Morgan fingerprint density at radius 3 is 2.60 bits per heavy atom. The molecule has 5 heteroatoms. The smallest absolute Gasteiger partial charge is 0.180 e. The third-order valence-corrected chi connectivity index (χ3v) is 2.42. The summed E-state index contributed by atoms with van der Waals surface area (Å²) in [6.07, 6.45) is 0. The van der Waals surface area contributed by atoms with Crippen LogP contribution in [0.15, 0.2) is 35.7 Å². The van der Waals surface area contributed by atoms with Crippen molar-refractivity contribution >= 4 is 28.9 Å². The third-order valence-electron chi connectivity index (χ3n) is 1.70. The lowest BCUT2D eigenvalue weighted by Gasteiger charge is -2.02. The predicted octanol–water partition coefficient (Wildman–Crippen LogP) is 2.73. The van der Waals surface area contributed by atoms with Crippen LogP contribution in [0.5, 0.6) is 5.75 Å². The summed E-state index contributed by atoms with van der Waals surface area (Å²) in [4.78, 5) is 4.10. The van der Waals surface area contributed by atoms with Crippen molar-refractivity contribution in [2.75, 3.05) is 5.73 Å². The molecule has 0 bridgehead atoms. The van der Waals surface area contributed by atoms with Crippen molar-refractivity contribution in [3.63, 3.8) is 0 Å². The number of halogens is 1. The second kappa shape index (κ2) is 5.58. The van der Waals surface area contributed by atoms with Crippen molar-refractivity contribution in [2.24, 2.45) is 0 Å². The Kier molecular flexibility index (Phi) is 4.39. The molecule has 0 unspecified atom stereocenters. The van der Waals surface area contributed by atoms with Crippen LogP contribution in [-0.4, -0.2) is 4.98 Å². The first-order chi connectivity index (χ1) is 6.84. The summed E-state index contributed by atoms with van der Waals surface area (Å²) in [7, 11) is 0. The van der Waals surface area contributed by atoms with Crippen molar-refractivity contribution in [3.8, 4) is 5.75 Å². The van der Waals surface area contributed by atoms with Crippen LogP contribution >= 0.6 is 23.7 Å². The second-order valence-electron chi connectivity index (χ2n) is 2.78. The van der Waals surface area contributed by atoms with Gasteiger partial charge in [-0.05, 0) is 12.1 Å². The minimum atomic E-state index is 0. The predicted molar refractivity (Wildman–Crippen MR) is 64.5 cm³/mol. The van der Waals surface area contributed by atoms with Crippen molar-refractivity contribution < 1.29 is 4.74 Å². The van der Waals surface area contributed by atoms with E-state index in [-0.39, 0.29) is 12.4 Å². The van der Waals surface area contributed by atoms with E-state index in [1.165, 1.54) is 11.3 Å². The van der Waals surface area contributed by atoms with E-state index in [0.717, 1.165) is 11.4 Å². The van der Waals surface area contributed by atoms with Gasteiger partial charge in [0, 0.05) is 5.38 Å². The molecule has 0 fully saturated rings. The van der Waals surface area contributed by atoms with E-state index in [0.29, 0.717) is 11.7 Å². The lowest BCUT2D eigenvalue weighted by Crippen LogP contribution is -1.95. The summed E-state index contributed by atoms with van der Waals surface area (Å²) in [6, 6.07) is 9.65. The van der Waals surface area contributed by atoms with Gasteiger partial charge >= 0.3 is 0 Å². The summed E-state index contributed by atoms with van der Waals surface area (Å²) in [6.45, 7) is 0.470. The Labute approximate surface area is 98.3 Å². The van der Waals surface area contributed by atoms with Gasteiger partial charge < -0.3 is 10.5 Å². The number of thiazole rings is 1. The van der Waals surface area contributed by atoms with Crippen LogP contribution in [0.25, 0.3) is 0 Å². The van der Waals surface area contributed by atoms with E-state index in [2.05, 4.69) is 4.98 Å². The molecule has 0 aliphatic heterocycles. The summed E-state index contributed by atoms with van der Waals surface area (Å²) in [5.41, 5.74) is 6.37. The van der Waals surface area contributed by atoms with E-state index < -0.39 is 0 Å². The second-order valence-corrected chi connectivity index (χ2v) is 3.67. The molecular weight excluding hydrogens is 232 g/mol. The first-order valence-electron chi connectivity index (χ1n) is 4.22. The molecule has 0 aliphatic rings. The van der Waals surface area contributed by atoms with E-state index in [4.69, 9.17) is 10.5 Å². The van der Waals surface area contributed by atoms with Crippen LogP contribution in [-0.2, 0) is 6.61 Å². The van der Waals surface area contributed by atoms with Crippen LogP contribution in [0.1, 0.15) is 5.69 Å². The number of aromatic nitrogens is 1. The Balaban J connectivity index is 0.00000112. The fourth-order valence-electron chi connectivity index (χ4n) is 1.06. The van der Waals surface area contributed by atoms with Gasteiger partial charge in [-0.15, -0.1) is 23.7 Å². The molecule has 0 spiro atoms. The molecule has 0 saturated heterocycles. The zero-order chi connectivity index (χ0) is 9.80. The molecular formula is C10H11ClN2OS. The van der Waals surface area contributed by atoms with Crippen molar-refractivity contribution in [2.45, 2.75) is 6.61 Å². The highest BCUT2D eigenvalue weighted by Gasteiger charge is 1.99. The maximum atomic E-state index is 5.50. The van der Waals surface area contributed by atoms with Gasteiger partial charge in [-0.3, -0.25) is 0 Å². The monoisotopic (exact) mass is 242 g/mol. The number of ether oxygens (including phenoxy) is 1. The largest absolute Gasteiger partial charge is 0.487 e. The summed E-state index contributed by atoms with van der Waals surface area (Å²) in [5, 5.41) is 2.48. The molecule has 0 saturated carbocycles. The van der Waals surface area contributed by atoms with Gasteiger partial charge in [0.1, 0.15) is 12.4 Å². The molecule has 1 aromatic heterocycles. The minimum absolute atomic E-state index is 0. The molecule has 0 atom stereocenters. The highest BCUT2D eigenvalue weighted by Crippen LogP contribution is 2.14. The maximum Gasteiger partial charge on any atom is 0.180 e. The maximum absolute atomic E-state index is 5.50. The van der Waals surface area contributed by atoms with E-state index in [1.54, 1.807) is 0 Å². The molecule has 2 aromatic rings. The molecule has 2 rings (SSSR count). The standard InChI is InChI=1S/C10H10N2OS.ClH/c11-10-12-8(7-14-10)6-13-9-4-2-1-3-5-9;/h1-5,7H,6H2,(H2,11,12);1H. The van der Waals surface area contributed by atoms with Crippen molar-refractivity contribution in [3.05, 3.63) is 41.4 Å². The third kappa shape index (κ3) is 3.42. The quantitative estimate of drug-likeness (QED) is 0.900. The number of nitrogen functional groups attached to an aromatic ring is 1. The minimum Gasteiger partial charge on any atom is -0.487 e. The number of para-hydroxylation sites is 1. The molecule has 3 nitrogen and oxygen atoms in total. The van der Waals surface area contributed by atoms with Gasteiger partial charge in [0.2, 0.25) is 0 Å². The van der Waals surface area contributed by atoms with Gasteiger partial charge in [-0.1, -0.05) is 18.2 Å². The molecule has 15 heavy (non-hydrogen) atoms. The summed E-state index contributed by atoms with van der Waals surface area (Å²) in [5.74, 6) is 0.846. The van der Waals surface area contributed by atoms with Gasteiger partial charge in [0.05, 0.1) is 5.69 Å². The summed E-state index contributed by atoms with van der Waals surface area (Å²) < 4.78 is 5.49. The molecule has 80 valence electrons. The summed E-state index contributed by atoms with van der Waals surface area (Å²) >= 11 is 1.43. The van der Waals surface area contributed by atoms with Crippen molar-refractivity contribution in [1.29, 1.82) is 0 Å². The topological polar surface area (TPSA) is 48.1 Å². The van der Waals surface area contributed by atoms with Crippen LogP contribution in [0.3, 0.4) is 0 Å². The van der Waals surface area contributed by atoms with E-state index >= 15 is 0 Å². The van der Waals surface area contributed by atoms with Gasteiger partial charge in [-0.25, -0.2) is 4.98 Å². The highest BCUT2D eigenvalue weighted by molar-refractivity contribution is 7.13. The normalized spacial score (nSPS) is 9.33. The fraction of sp³-hybridized carbons (Fsp3) is 0.100. The number of hydrogen-bond donors (Lipinski definition) is 1. The highest BCUT2D eigenvalue weighted by atomic mass is 35.5. The van der Waals surface area contributed by atoms with Crippen LogP contribution in [0.4, 0.5) is 5.13 Å². The molecule has 1 aromatic carbocycles. The van der Waals surface area contributed by atoms with Gasteiger partial charge in [0.25, 0.3) is 0 Å². The number of benzene rings is 1. The van der Waals surface area contributed by atoms with E-state index in [1.807, 2.05) is 35.7 Å². The molecule has 0 amide bonds. The van der Waals surface area contributed by atoms with Crippen LogP contribution in [0.2, 0.25) is 0 Å². The van der Waals surface area contributed by atoms with Gasteiger partial charge in [0.15, 0.2) is 5.13 Å². The Morgan fingerprint density at radius 1 is 1.27 bits per heavy atom. The number of hydrogen-bond acceptors (Lipinski definition) is 4. The average molecular weight is 243 g/mol. The zero-order valence-electron chi connectivity index (χ0n) is 7.92. The lowest BCUT2D eigenvalue weighted by atomic mass is 10.3. The zero-order valence-corrected chi connectivity index (χ0v) is 9.55. The van der Waals surface area contributed by atoms with Crippen LogP contribution in [0, 0.1) is 0 Å². The molecule has 1 heterocycles. The Hall–Kier alpha value is -1.26. The Morgan fingerprint density at radius 2 is 2.00 bits per heavy atom. The van der Waals surface area contributed by atoms with E-state index in [9.17, 15) is 0 Å². The molecule has 0 radical (unpaired) electrons. The average Bonchev–Trinajstić information content (AvgIpc) is 2.63. The lowest BCUT2D eigenvalue weighted by molar-refractivity contribution is 0.302. The number of nitrogens with zero attached hydrogens (tertiary/aromatic N) is 1. The molecule has 2 N–H and O–H groups in total. The first kappa shape index (κ1) is 11.8. The number of anilines is 1. The Bertz CT molecular complexity index is 405. The number of rotatable bonds is 3. The fourth-order valence-corrected chi connectivity index (χ4v) is 1.61. The van der Waals surface area contributed by atoms with Crippen molar-refractivity contribution in [1.82, 2.24) is 4.98 Å². The number of nitrogens with two attached hydrogens (primary N) is 1. The SMILES string of the molecule is Cl.Nc1nc(COc2ccccc2)cs1.